The summed E-state index contributed by atoms with van der Waals surface area (Å²) in [4.78, 5) is 0. The van der Waals surface area contributed by atoms with Gasteiger partial charge in [0.2, 0.25) is 0 Å². The van der Waals surface area contributed by atoms with Crippen LogP contribution in [0.5, 0.6) is 0 Å². The Labute approximate surface area is 121 Å². The fourth-order valence-electron chi connectivity index (χ4n) is 2.10. The van der Waals surface area contributed by atoms with Gasteiger partial charge < -0.3 is 5.32 Å². The maximum atomic E-state index is 12.2. The van der Waals surface area contributed by atoms with Crippen molar-refractivity contribution in [2.75, 3.05) is 12.3 Å². The molecule has 0 spiro atoms. The summed E-state index contributed by atoms with van der Waals surface area (Å²) in [6, 6.07) is 7.13. The minimum Gasteiger partial charge on any atom is -0.313 e. The van der Waals surface area contributed by atoms with Crippen LogP contribution in [-0.2, 0) is 15.6 Å². The summed E-state index contributed by atoms with van der Waals surface area (Å²) >= 11 is 6.01. The zero-order chi connectivity index (χ0) is 14.3. The van der Waals surface area contributed by atoms with Crippen molar-refractivity contribution in [2.24, 2.45) is 0 Å². The largest absolute Gasteiger partial charge is 0.313 e. The fraction of sp³-hybridized carbons (Fsp3) is 0.571. The first-order valence-electron chi connectivity index (χ1n) is 6.65. The first-order valence-corrected chi connectivity index (χ1v) is 8.85. The molecule has 5 heteroatoms. The first kappa shape index (κ1) is 16.5. The molecule has 0 aromatic heterocycles. The van der Waals surface area contributed by atoms with Crippen LogP contribution in [0.15, 0.2) is 24.3 Å². The van der Waals surface area contributed by atoms with Crippen molar-refractivity contribution in [3.8, 4) is 0 Å². The number of benzene rings is 1. The summed E-state index contributed by atoms with van der Waals surface area (Å²) in [7, 11) is -3.15. The van der Waals surface area contributed by atoms with Gasteiger partial charge >= 0.3 is 0 Å². The number of nitrogens with one attached hydrogen (secondary N) is 1. The third-order valence-electron chi connectivity index (χ3n) is 2.92. The molecule has 0 fully saturated rings. The second-order valence-corrected chi connectivity index (χ2v) is 7.21. The Balaban J connectivity index is 2.72. The lowest BCUT2D eigenvalue weighted by molar-refractivity contribution is 0.512. The molecule has 0 heterocycles. The number of rotatable bonds is 8. The van der Waals surface area contributed by atoms with Gasteiger partial charge in [-0.1, -0.05) is 50.1 Å². The van der Waals surface area contributed by atoms with E-state index in [1.165, 1.54) is 0 Å². The zero-order valence-corrected chi connectivity index (χ0v) is 13.1. The SMILES string of the molecule is CCCC(CS(=O)(=O)Cc1ccccc1Cl)NCC. The van der Waals surface area contributed by atoms with Gasteiger partial charge in [0.05, 0.1) is 11.5 Å². The molecule has 1 N–H and O–H groups in total. The number of halogens is 1. The molecule has 0 bridgehead atoms. The van der Waals surface area contributed by atoms with Crippen LogP contribution in [0.1, 0.15) is 32.3 Å². The van der Waals surface area contributed by atoms with Crippen molar-refractivity contribution < 1.29 is 8.42 Å². The summed E-state index contributed by atoms with van der Waals surface area (Å²) in [6.07, 6.45) is 1.84. The van der Waals surface area contributed by atoms with Crippen LogP contribution in [0.4, 0.5) is 0 Å². The molecule has 1 aromatic rings. The second kappa shape index (κ2) is 7.88. The van der Waals surface area contributed by atoms with Gasteiger partial charge in [-0.25, -0.2) is 8.42 Å². The quantitative estimate of drug-likeness (QED) is 0.803. The Morgan fingerprint density at radius 2 is 1.95 bits per heavy atom. The van der Waals surface area contributed by atoms with Gasteiger partial charge in [-0.3, -0.25) is 0 Å². The van der Waals surface area contributed by atoms with E-state index < -0.39 is 9.84 Å². The van der Waals surface area contributed by atoms with E-state index in [1.807, 2.05) is 13.0 Å². The highest BCUT2D eigenvalue weighted by Gasteiger charge is 2.19. The molecule has 1 aromatic carbocycles. The maximum Gasteiger partial charge on any atom is 0.156 e. The topological polar surface area (TPSA) is 46.2 Å². The predicted molar refractivity (Wildman–Crippen MR) is 81.3 cm³/mol. The average molecular weight is 304 g/mol. The summed E-state index contributed by atoms with van der Waals surface area (Å²) in [6.45, 7) is 4.83. The van der Waals surface area contributed by atoms with Gasteiger partial charge in [0.25, 0.3) is 0 Å². The average Bonchev–Trinajstić information content (AvgIpc) is 2.32. The molecule has 19 heavy (non-hydrogen) atoms. The van der Waals surface area contributed by atoms with Crippen molar-refractivity contribution >= 4 is 21.4 Å². The molecule has 0 aliphatic heterocycles. The standard InChI is InChI=1S/C14H22ClNO2S/c1-3-7-13(16-4-2)11-19(17,18)10-12-8-5-6-9-14(12)15/h5-6,8-9,13,16H,3-4,7,10-11H2,1-2H3. The molecule has 1 atom stereocenters. The van der Waals surface area contributed by atoms with Gasteiger partial charge in [0.1, 0.15) is 0 Å². The lowest BCUT2D eigenvalue weighted by atomic mass is 10.2. The highest BCUT2D eigenvalue weighted by atomic mass is 35.5. The molecular weight excluding hydrogens is 282 g/mol. The molecule has 0 aliphatic rings. The minimum absolute atomic E-state index is 0.0122. The van der Waals surface area contributed by atoms with Crippen molar-refractivity contribution in [3.63, 3.8) is 0 Å². The molecular formula is C14H22ClNO2S. The number of sulfone groups is 1. The molecule has 1 unspecified atom stereocenters. The molecule has 108 valence electrons. The van der Waals surface area contributed by atoms with E-state index in [1.54, 1.807) is 18.2 Å². The summed E-state index contributed by atoms with van der Waals surface area (Å²) in [5.74, 6) is 0.179. The van der Waals surface area contributed by atoms with E-state index in [4.69, 9.17) is 11.6 Å². The Morgan fingerprint density at radius 1 is 1.26 bits per heavy atom. The van der Waals surface area contributed by atoms with E-state index in [0.717, 1.165) is 19.4 Å². The summed E-state index contributed by atoms with van der Waals surface area (Å²) < 4.78 is 24.4. The van der Waals surface area contributed by atoms with Crippen LogP contribution >= 0.6 is 11.6 Å². The smallest absolute Gasteiger partial charge is 0.156 e. The van der Waals surface area contributed by atoms with E-state index >= 15 is 0 Å². The second-order valence-electron chi connectivity index (χ2n) is 4.69. The highest BCUT2D eigenvalue weighted by Crippen LogP contribution is 2.18. The van der Waals surface area contributed by atoms with Crippen LogP contribution < -0.4 is 5.32 Å². The lowest BCUT2D eigenvalue weighted by Gasteiger charge is -2.17. The Bertz CT molecular complexity index is 482. The molecule has 0 aliphatic carbocycles. The van der Waals surface area contributed by atoms with Gasteiger partial charge in [0, 0.05) is 11.1 Å². The van der Waals surface area contributed by atoms with Crippen molar-refractivity contribution in [1.29, 1.82) is 0 Å². The molecule has 0 saturated carbocycles. The molecule has 0 radical (unpaired) electrons. The predicted octanol–water partition coefficient (Wildman–Crippen LogP) is 3.03. The monoisotopic (exact) mass is 303 g/mol. The Kier molecular flexibility index (Phi) is 6.83. The van der Waals surface area contributed by atoms with E-state index in [0.29, 0.717) is 10.6 Å². The van der Waals surface area contributed by atoms with Gasteiger partial charge in [-0.2, -0.15) is 0 Å². The van der Waals surface area contributed by atoms with E-state index in [9.17, 15) is 8.42 Å². The summed E-state index contributed by atoms with van der Waals surface area (Å²) in [5, 5.41) is 3.74. The van der Waals surface area contributed by atoms with Crippen LogP contribution in [0.2, 0.25) is 5.02 Å². The van der Waals surface area contributed by atoms with Crippen LogP contribution in [0.3, 0.4) is 0 Å². The Hall–Kier alpha value is -0.580. The lowest BCUT2D eigenvalue weighted by Crippen LogP contribution is -2.35. The van der Waals surface area contributed by atoms with E-state index in [2.05, 4.69) is 12.2 Å². The van der Waals surface area contributed by atoms with Crippen molar-refractivity contribution in [2.45, 2.75) is 38.5 Å². The van der Waals surface area contributed by atoms with Gasteiger partial charge in [-0.05, 0) is 24.6 Å². The maximum absolute atomic E-state index is 12.2. The zero-order valence-electron chi connectivity index (χ0n) is 11.5. The van der Waals surface area contributed by atoms with Gasteiger partial charge in [0.15, 0.2) is 9.84 Å². The van der Waals surface area contributed by atoms with Crippen LogP contribution in [0, 0.1) is 0 Å². The van der Waals surface area contributed by atoms with Crippen LogP contribution in [0.25, 0.3) is 0 Å². The van der Waals surface area contributed by atoms with Crippen molar-refractivity contribution in [3.05, 3.63) is 34.9 Å². The fourth-order valence-corrected chi connectivity index (χ4v) is 4.12. The number of hydrogen-bond donors (Lipinski definition) is 1. The summed E-state index contributed by atoms with van der Waals surface area (Å²) in [5.41, 5.74) is 0.677. The molecule has 1 rings (SSSR count). The van der Waals surface area contributed by atoms with Gasteiger partial charge in [-0.15, -0.1) is 0 Å². The molecule has 0 saturated heterocycles. The third kappa shape index (κ3) is 5.93. The highest BCUT2D eigenvalue weighted by molar-refractivity contribution is 7.90. The normalized spacial score (nSPS) is 13.4. The van der Waals surface area contributed by atoms with Crippen molar-refractivity contribution in [1.82, 2.24) is 5.32 Å². The third-order valence-corrected chi connectivity index (χ3v) is 4.95. The Morgan fingerprint density at radius 3 is 2.53 bits per heavy atom. The molecule has 0 amide bonds. The van der Waals surface area contributed by atoms with E-state index in [-0.39, 0.29) is 17.5 Å². The molecule has 3 nitrogen and oxygen atoms in total. The number of hydrogen-bond acceptors (Lipinski definition) is 3. The minimum atomic E-state index is -3.15. The first-order chi connectivity index (χ1) is 8.98. The van der Waals surface area contributed by atoms with Crippen LogP contribution in [-0.4, -0.2) is 26.8 Å².